The van der Waals surface area contributed by atoms with Crippen LogP contribution in [0, 0.1) is 11.8 Å². The highest BCUT2D eigenvalue weighted by Crippen LogP contribution is 2.28. The normalized spacial score (nSPS) is 12.5. The molecule has 0 aliphatic carbocycles. The average molecular weight is 541 g/mol. The van der Waals surface area contributed by atoms with Crippen LogP contribution < -0.4 is 0 Å². The second-order valence-electron chi connectivity index (χ2n) is 11.6. The van der Waals surface area contributed by atoms with Gasteiger partial charge in [-0.2, -0.15) is 0 Å². The van der Waals surface area contributed by atoms with E-state index in [0.29, 0.717) is 12.3 Å². The minimum absolute atomic E-state index is 0.111. The highest BCUT2D eigenvalue weighted by molar-refractivity contribution is 5.70. The number of carboxylic acid groups (broad SMARTS) is 2. The van der Waals surface area contributed by atoms with E-state index in [0.717, 1.165) is 38.5 Å². The smallest absolute Gasteiger partial charge is 0.306 e. The largest absolute Gasteiger partial charge is 0.481 e. The molecule has 0 aromatic carbocycles. The minimum atomic E-state index is -0.663. The summed E-state index contributed by atoms with van der Waals surface area (Å²) in [6, 6.07) is 0. The molecule has 0 saturated heterocycles. The van der Waals surface area contributed by atoms with Gasteiger partial charge in [0.15, 0.2) is 0 Å². The van der Waals surface area contributed by atoms with Crippen LogP contribution in [-0.2, 0) is 9.59 Å². The van der Waals surface area contributed by atoms with E-state index in [4.69, 9.17) is 5.11 Å². The van der Waals surface area contributed by atoms with E-state index in [1.54, 1.807) is 0 Å². The molecule has 0 rings (SSSR count). The molecule has 4 nitrogen and oxygen atoms in total. The molecule has 0 saturated carbocycles. The Morgan fingerprint density at radius 1 is 0.474 bits per heavy atom. The molecule has 0 aromatic rings. The molecule has 2 atom stereocenters. The summed E-state index contributed by atoms with van der Waals surface area (Å²) >= 11 is 0. The van der Waals surface area contributed by atoms with Gasteiger partial charge in [-0.3, -0.25) is 9.59 Å². The molecule has 4 heteroatoms. The van der Waals surface area contributed by atoms with Gasteiger partial charge in [-0.25, -0.2) is 0 Å². The lowest BCUT2D eigenvalue weighted by atomic mass is 9.82. The highest BCUT2D eigenvalue weighted by Gasteiger charge is 2.25. The molecule has 0 spiro atoms. The minimum Gasteiger partial charge on any atom is -0.481 e. The number of hydrogen-bond acceptors (Lipinski definition) is 2. The Kier molecular flexibility index (Phi) is 33.1. The maximum absolute atomic E-state index is 11.7. The third kappa shape index (κ3) is 29.5. The van der Waals surface area contributed by atoms with E-state index in [-0.39, 0.29) is 5.92 Å². The van der Waals surface area contributed by atoms with Crippen molar-refractivity contribution in [3.8, 4) is 0 Å². The SMILES string of the molecule is CCCCCCCCCC(=O)O.CCCCCCCCCCCCCCC(C(=O)O)C(CC)CCCCC. The first-order valence-electron chi connectivity index (χ1n) is 16.9. The molecular weight excluding hydrogens is 472 g/mol. The van der Waals surface area contributed by atoms with Crippen LogP contribution in [0.4, 0.5) is 0 Å². The van der Waals surface area contributed by atoms with Crippen molar-refractivity contribution in [1.82, 2.24) is 0 Å². The van der Waals surface area contributed by atoms with Crippen LogP contribution in [0.3, 0.4) is 0 Å². The summed E-state index contributed by atoms with van der Waals surface area (Å²) in [4.78, 5) is 21.8. The predicted octanol–water partition coefficient (Wildman–Crippen LogP) is 11.6. The molecule has 2 unspecified atom stereocenters. The van der Waals surface area contributed by atoms with E-state index in [2.05, 4.69) is 27.7 Å². The van der Waals surface area contributed by atoms with Crippen molar-refractivity contribution in [3.05, 3.63) is 0 Å². The van der Waals surface area contributed by atoms with Gasteiger partial charge in [-0.05, 0) is 25.2 Å². The lowest BCUT2D eigenvalue weighted by Gasteiger charge is -2.22. The van der Waals surface area contributed by atoms with Gasteiger partial charge in [0.2, 0.25) is 0 Å². The van der Waals surface area contributed by atoms with Crippen LogP contribution in [0.5, 0.6) is 0 Å². The molecule has 228 valence electrons. The molecule has 0 bridgehead atoms. The summed E-state index contributed by atoms with van der Waals surface area (Å²) in [7, 11) is 0. The number of aliphatic carboxylic acids is 2. The van der Waals surface area contributed by atoms with E-state index in [1.807, 2.05) is 0 Å². The van der Waals surface area contributed by atoms with Gasteiger partial charge in [0, 0.05) is 6.42 Å². The zero-order chi connectivity index (χ0) is 28.7. The summed E-state index contributed by atoms with van der Waals surface area (Å²) in [5.41, 5.74) is 0. The van der Waals surface area contributed by atoms with Crippen molar-refractivity contribution in [2.75, 3.05) is 0 Å². The molecule has 0 aliphatic rings. The Balaban J connectivity index is 0. The summed E-state index contributed by atoms with van der Waals surface area (Å²) in [6.07, 6.45) is 31.3. The van der Waals surface area contributed by atoms with Crippen LogP contribution in [0.2, 0.25) is 0 Å². The maximum atomic E-state index is 11.7. The van der Waals surface area contributed by atoms with Gasteiger partial charge in [-0.1, -0.05) is 169 Å². The highest BCUT2D eigenvalue weighted by atomic mass is 16.4. The quantitative estimate of drug-likeness (QED) is 0.0967. The monoisotopic (exact) mass is 541 g/mol. The molecule has 38 heavy (non-hydrogen) atoms. The number of rotatable bonds is 28. The second-order valence-corrected chi connectivity index (χ2v) is 11.6. The van der Waals surface area contributed by atoms with Crippen LogP contribution in [0.15, 0.2) is 0 Å². The second kappa shape index (κ2) is 32.2. The van der Waals surface area contributed by atoms with E-state index >= 15 is 0 Å². The number of unbranched alkanes of at least 4 members (excludes halogenated alkanes) is 19. The molecule has 0 heterocycles. The third-order valence-electron chi connectivity index (χ3n) is 7.95. The van der Waals surface area contributed by atoms with Gasteiger partial charge >= 0.3 is 11.9 Å². The standard InChI is InChI=1S/C24H48O2.C10H20O2/c1-4-7-9-10-11-12-13-14-15-16-17-19-21-23(24(25)26)22(6-3)20-18-8-5-2;1-2-3-4-5-6-7-8-9-10(11)12/h22-23H,4-21H2,1-3H3,(H,25,26);2-9H2,1H3,(H,11,12). The Labute approximate surface area is 238 Å². The Morgan fingerprint density at radius 2 is 0.816 bits per heavy atom. The summed E-state index contributed by atoms with van der Waals surface area (Å²) in [5, 5.41) is 18.0. The van der Waals surface area contributed by atoms with E-state index in [1.165, 1.54) is 122 Å². The van der Waals surface area contributed by atoms with Crippen LogP contribution in [0.1, 0.15) is 195 Å². The zero-order valence-electron chi connectivity index (χ0n) is 26.3. The topological polar surface area (TPSA) is 74.6 Å². The van der Waals surface area contributed by atoms with E-state index in [9.17, 15) is 14.7 Å². The molecule has 0 radical (unpaired) electrons. The fourth-order valence-corrected chi connectivity index (χ4v) is 5.35. The van der Waals surface area contributed by atoms with Gasteiger partial charge in [0.25, 0.3) is 0 Å². The summed E-state index contributed by atoms with van der Waals surface area (Å²) in [5.74, 6) is -0.952. The molecule has 2 N–H and O–H groups in total. The van der Waals surface area contributed by atoms with Crippen molar-refractivity contribution in [2.24, 2.45) is 11.8 Å². The lowest BCUT2D eigenvalue weighted by molar-refractivity contribution is -0.144. The Bertz CT molecular complexity index is 491. The first-order chi connectivity index (χ1) is 18.4. The predicted molar refractivity (Wildman–Crippen MR) is 165 cm³/mol. The van der Waals surface area contributed by atoms with Crippen molar-refractivity contribution >= 4 is 11.9 Å². The third-order valence-corrected chi connectivity index (χ3v) is 7.95. The van der Waals surface area contributed by atoms with Crippen molar-refractivity contribution in [1.29, 1.82) is 0 Å². The Hall–Kier alpha value is -1.06. The first-order valence-corrected chi connectivity index (χ1v) is 16.9. The van der Waals surface area contributed by atoms with Crippen LogP contribution in [-0.4, -0.2) is 22.2 Å². The summed E-state index contributed by atoms with van der Waals surface area (Å²) < 4.78 is 0. The molecule has 0 aliphatic heterocycles. The Morgan fingerprint density at radius 3 is 1.18 bits per heavy atom. The van der Waals surface area contributed by atoms with E-state index < -0.39 is 11.9 Å². The zero-order valence-corrected chi connectivity index (χ0v) is 26.3. The first kappa shape index (κ1) is 39.1. The van der Waals surface area contributed by atoms with Gasteiger partial charge in [0.1, 0.15) is 0 Å². The number of carbonyl (C=O) groups is 2. The fourth-order valence-electron chi connectivity index (χ4n) is 5.35. The molecule has 0 aromatic heterocycles. The van der Waals surface area contributed by atoms with Crippen LogP contribution in [0.25, 0.3) is 0 Å². The van der Waals surface area contributed by atoms with Crippen molar-refractivity contribution < 1.29 is 19.8 Å². The van der Waals surface area contributed by atoms with Gasteiger partial charge in [-0.15, -0.1) is 0 Å². The van der Waals surface area contributed by atoms with Crippen molar-refractivity contribution in [2.45, 2.75) is 195 Å². The fraction of sp³-hybridized carbons (Fsp3) is 0.941. The maximum Gasteiger partial charge on any atom is 0.306 e. The lowest BCUT2D eigenvalue weighted by Crippen LogP contribution is -2.23. The molecular formula is C34H68O4. The molecule has 0 amide bonds. The van der Waals surface area contributed by atoms with Crippen LogP contribution >= 0.6 is 0 Å². The average Bonchev–Trinajstić information content (AvgIpc) is 2.89. The molecule has 0 fully saturated rings. The van der Waals surface area contributed by atoms with Gasteiger partial charge < -0.3 is 10.2 Å². The van der Waals surface area contributed by atoms with Crippen molar-refractivity contribution in [3.63, 3.8) is 0 Å². The van der Waals surface area contributed by atoms with Gasteiger partial charge in [0.05, 0.1) is 5.92 Å². The number of carboxylic acids is 2. The number of hydrogen-bond donors (Lipinski definition) is 2. The summed E-state index contributed by atoms with van der Waals surface area (Å²) in [6.45, 7) is 8.84.